The maximum absolute atomic E-state index is 16.5. The Morgan fingerprint density at radius 1 is 0.685 bits per heavy atom. The number of nitrogens with two attached hydrogens (primary N) is 1. The van der Waals surface area contributed by atoms with Gasteiger partial charge in [-0.3, -0.25) is 58.7 Å². The van der Waals surface area contributed by atoms with Crippen molar-refractivity contribution in [1.82, 2.24) is 31.5 Å². The van der Waals surface area contributed by atoms with Gasteiger partial charge in [-0.1, -0.05) is 55.2 Å². The van der Waals surface area contributed by atoms with Crippen LogP contribution < -0.4 is 46.5 Å². The Labute approximate surface area is 729 Å². The zero-order valence-corrected chi connectivity index (χ0v) is 69.3. The van der Waals surface area contributed by atoms with Gasteiger partial charge in [-0.2, -0.15) is 0 Å². The monoisotopic (exact) mass is 1800 g/mol. The van der Waals surface area contributed by atoms with E-state index in [4.69, 9.17) is 66.8 Å². The van der Waals surface area contributed by atoms with Gasteiger partial charge in [-0.25, -0.2) is 14.4 Å². The van der Waals surface area contributed by atoms with E-state index in [9.17, 15) is 90.5 Å². The second kappa shape index (κ2) is 38.9. The van der Waals surface area contributed by atoms with Crippen LogP contribution in [-0.4, -0.2) is 212 Å². The molecule has 674 valence electrons. The highest BCUT2D eigenvalue weighted by Crippen LogP contribution is 2.51. The number of benzene rings is 7. The van der Waals surface area contributed by atoms with Crippen LogP contribution in [0, 0.1) is 32.1 Å². The number of likely N-dealkylation sites (N-methyl/N-ethyl adjacent to an activating group) is 1. The minimum absolute atomic E-state index is 0.160. The highest BCUT2D eigenvalue weighted by molar-refractivity contribution is 6.32. The number of fused-ring (bicyclic) bond motifs is 15. The molecule has 2 fully saturated rings. The van der Waals surface area contributed by atoms with E-state index in [2.05, 4.69) is 26.6 Å². The summed E-state index contributed by atoms with van der Waals surface area (Å²) < 4.78 is 50.0. The molecule has 7 amide bonds. The summed E-state index contributed by atoms with van der Waals surface area (Å²) in [6.07, 6.45) is -25.8. The number of primary amides is 1. The largest absolute Gasteiger partial charge is 0.508 e. The van der Waals surface area contributed by atoms with Crippen LogP contribution in [0.15, 0.2) is 127 Å². The number of nitrogens with one attached hydrogen (secondary N) is 5. The lowest BCUT2D eigenvalue weighted by molar-refractivity contribution is -0.385. The maximum Gasteiger partial charge on any atom is 0.410 e. The van der Waals surface area contributed by atoms with E-state index in [1.807, 2.05) is 0 Å². The molecule has 0 radical (unpaired) electrons. The topological polar surface area (TPSA) is 623 Å². The van der Waals surface area contributed by atoms with Crippen molar-refractivity contribution in [3.8, 4) is 57.1 Å². The number of hydrogen-bond acceptors (Lipinski definition) is 31. The molecule has 2 saturated heterocycles. The van der Waals surface area contributed by atoms with Crippen LogP contribution in [0.4, 0.5) is 21.0 Å². The van der Waals surface area contributed by atoms with Crippen molar-refractivity contribution in [2.75, 3.05) is 13.7 Å². The molecule has 7 aromatic rings. The van der Waals surface area contributed by atoms with Crippen LogP contribution in [0.3, 0.4) is 0 Å². The van der Waals surface area contributed by atoms with Crippen molar-refractivity contribution in [3.05, 3.63) is 197 Å². The van der Waals surface area contributed by atoms with Crippen LogP contribution in [0.25, 0.3) is 11.1 Å². The number of carbonyl (C=O) groups is 10. The third-order valence-electron chi connectivity index (χ3n) is 22.1. The summed E-state index contributed by atoms with van der Waals surface area (Å²) >= 11 is 14.3. The molecule has 0 aromatic heterocycles. The first-order valence-electron chi connectivity index (χ1n) is 39.3. The number of alkyl carbamates (subject to hydrolysis) is 1. The average molecular weight is 1810 g/mol. The molecular weight excluding hydrogens is 1720 g/mol. The van der Waals surface area contributed by atoms with Crippen LogP contribution in [0.1, 0.15) is 129 Å². The lowest BCUT2D eigenvalue weighted by Gasteiger charge is -2.48. The second-order valence-electron chi connectivity index (χ2n) is 31.6. The van der Waals surface area contributed by atoms with E-state index in [0.29, 0.717) is 11.1 Å². The van der Waals surface area contributed by atoms with E-state index >= 15 is 28.8 Å². The summed E-state index contributed by atoms with van der Waals surface area (Å²) in [5.74, 6) is -21.0. The molecule has 14 rings (SSSR count). The Kier molecular flexibility index (Phi) is 28.5. The number of ether oxygens (including phenoxy) is 8. The molecule has 0 unspecified atom stereocenters. The van der Waals surface area contributed by atoms with E-state index < -0.39 is 308 Å². The number of halogens is 2. The zero-order valence-electron chi connectivity index (χ0n) is 67.8. The Morgan fingerprint density at radius 2 is 1.28 bits per heavy atom. The number of hydrogen-bond donors (Lipinski definition) is 16. The molecule has 7 aliphatic rings. The lowest BCUT2D eigenvalue weighted by Crippen LogP contribution is -2.66. The zero-order chi connectivity index (χ0) is 92.2. The van der Waals surface area contributed by atoms with Crippen LogP contribution >= 0.6 is 23.2 Å². The first-order valence-corrected chi connectivity index (χ1v) is 40.1. The Hall–Kier alpha value is -12.9. The molecule has 7 aromatic carbocycles. The van der Waals surface area contributed by atoms with Gasteiger partial charge in [-0.05, 0) is 138 Å². The van der Waals surface area contributed by atoms with Gasteiger partial charge in [0.25, 0.3) is 11.4 Å². The first-order chi connectivity index (χ1) is 60.1. The molecule has 18 atom stereocenters. The highest BCUT2D eigenvalue weighted by atomic mass is 35.5. The van der Waals surface area contributed by atoms with E-state index in [1.54, 1.807) is 13.8 Å². The molecular formula is C84H87Cl2N9O32. The van der Waals surface area contributed by atoms with E-state index in [0.717, 1.165) is 83.8 Å². The summed E-state index contributed by atoms with van der Waals surface area (Å²) in [5, 5.41) is 151. The second-order valence-corrected chi connectivity index (χ2v) is 32.4. The number of aliphatic carboxylic acids is 1. The Morgan fingerprint density at radius 3 is 1.84 bits per heavy atom. The smallest absolute Gasteiger partial charge is 0.410 e. The molecule has 0 saturated carbocycles. The lowest BCUT2D eigenvalue weighted by atomic mass is 9.84. The fourth-order valence-electron chi connectivity index (χ4n) is 15.4. The number of ketones is 2. The number of nitrogens with zero attached hydrogens (tertiary/aromatic N) is 3. The van der Waals surface area contributed by atoms with Gasteiger partial charge < -0.3 is 121 Å². The van der Waals surface area contributed by atoms with Gasteiger partial charge in [0.15, 0.2) is 41.5 Å². The van der Waals surface area contributed by atoms with Crippen molar-refractivity contribution in [3.63, 3.8) is 0 Å². The minimum atomic E-state index is -2.34. The number of non-ortho nitro benzene ring substituents is 2. The minimum Gasteiger partial charge on any atom is -0.508 e. The number of phenols is 3. The summed E-state index contributed by atoms with van der Waals surface area (Å²) in [6, 6.07) is 12.5. The average Bonchev–Trinajstić information content (AvgIpc) is 0.764. The predicted octanol–water partition coefficient (Wildman–Crippen LogP) is 5.92. The number of amides is 7. The van der Waals surface area contributed by atoms with Crippen LogP contribution in [-0.2, 0) is 75.3 Å². The summed E-state index contributed by atoms with van der Waals surface area (Å²) in [4.78, 5) is 170. The summed E-state index contributed by atoms with van der Waals surface area (Å²) in [6.45, 7) is 4.17. The quantitative estimate of drug-likeness (QED) is 0.0311. The highest BCUT2D eigenvalue weighted by Gasteiger charge is 2.53. The van der Waals surface area contributed by atoms with E-state index in [1.165, 1.54) is 69.4 Å². The van der Waals surface area contributed by atoms with Gasteiger partial charge >= 0.3 is 18.2 Å². The third-order valence-corrected chi connectivity index (χ3v) is 22.7. The van der Waals surface area contributed by atoms with Gasteiger partial charge in [-0.15, -0.1) is 0 Å². The van der Waals surface area contributed by atoms with Gasteiger partial charge in [0, 0.05) is 79.8 Å². The Bertz CT molecular complexity index is 5460. The van der Waals surface area contributed by atoms with Gasteiger partial charge in [0.2, 0.25) is 41.6 Å². The fourth-order valence-corrected chi connectivity index (χ4v) is 15.8. The van der Waals surface area contributed by atoms with Crippen molar-refractivity contribution in [2.24, 2.45) is 17.6 Å². The number of phenolic OH excluding ortho intramolecular Hbond substituents is 3. The van der Waals surface area contributed by atoms with Crippen LogP contribution in [0.5, 0.6) is 46.0 Å². The normalized spacial score (nSPS) is 25.7. The molecule has 17 N–H and O–H groups in total. The number of nitro benzene ring substituents is 2. The maximum atomic E-state index is 16.5. The number of aromatic hydroxyl groups is 3. The van der Waals surface area contributed by atoms with Crippen molar-refractivity contribution in [1.29, 1.82) is 0 Å². The van der Waals surface area contributed by atoms with Gasteiger partial charge in [0.1, 0.15) is 103 Å². The fraction of sp³-hybridized carbons (Fsp3) is 0.381. The number of carboxylic acids is 1. The molecule has 11 bridgehead atoms. The number of carboxylic acid groups (broad SMARTS) is 1. The molecule has 43 heteroatoms. The van der Waals surface area contributed by atoms with Gasteiger partial charge in [0.05, 0.1) is 50.0 Å². The number of aliphatic hydroxyl groups excluding tert-OH is 6. The number of rotatable bonds is 20. The van der Waals surface area contributed by atoms with E-state index in [-0.39, 0.29) is 34.5 Å². The predicted molar refractivity (Wildman–Crippen MR) is 436 cm³/mol. The molecule has 41 nitrogen and oxygen atoms in total. The summed E-state index contributed by atoms with van der Waals surface area (Å²) in [7, 11) is 1.18. The van der Waals surface area contributed by atoms with Crippen molar-refractivity contribution >= 4 is 93.8 Å². The number of aliphatic hydroxyl groups is 6. The standard InChI is InChI=1S/C84H87Cl2N9O32/c1-35(2)20-52(93(5)83(115)121-34-38-8-15-45(16-9-38)95(118)119)78(110)90-67-55(100)24-43(27-62(87)102)76(108)88-65-42-25-59(123-57-18-11-40(69(67)103)22-50(57)85)73(127-81-74(72(106)71(105)61(32-96)125-81)126-63-31-84(4,75(107)36(3)122-63)92-82(114)120-33-37-6-13-44(14-7-37)94(116)117)60(26-42)124-58-19-12-41(23-51(58)86)70(104)68-79(111)89-66(80(112)113)49-28-46(97)29-54(99)64(49)48-21-39(10-17-53(48)98)47(30-56(65)101)77(109)91-68/h6-19,21-23,25-26,28-29,35-36,43,47,52,61,63,65-72,74-75,81,96-99,103-107H,20,24,27,30-34H2,1-5H3,(H2,87,102)(H,88,108)(H,89,111)(H,90,110)(H,91,109)(H,92,114)(H,112,113)/t36-,43-,47+,52+,61+,63-,65+,66-,67-,68-,69+,70+,71+,72-,74+,75+,81-,84-/m0/s1. The molecule has 7 heterocycles. The number of nitro groups is 2. The van der Waals surface area contributed by atoms with Crippen molar-refractivity contribution < 1.29 is 147 Å². The molecule has 7 aliphatic heterocycles. The number of Topliss-reactive ketones (excluding diaryl/α,β-unsaturated/α-hetero) is 2. The molecule has 0 spiro atoms. The molecule has 0 aliphatic carbocycles. The van der Waals surface area contributed by atoms with Crippen LogP contribution in [0.2, 0.25) is 10.0 Å². The molecule has 127 heavy (non-hydrogen) atoms. The first kappa shape index (κ1) is 93.2. The number of carbonyl (C=O) groups excluding carboxylic acids is 9. The SMILES string of the molecule is CC(C)C[C@H](C(=O)N[C@H]1C(=O)C[C@@H](CC(N)=O)C(=O)N[C@H]2C(=O)C[C@H]3C(=O)N[C@H](C(=O)N[C@H](C(=O)O)c4cc(O)cc(O)c4-c4cc3ccc4O)[C@H](O)c3ccc(c(Cl)c3)Oc3cc2cc(c3O[C@@H]2O[C@H](CO)[C@@H](O)[C@H](O)[C@H]2O[C@H]2C[C@](C)(NC(=O)OCc3ccc([N+](=O)[O-])cc3)[C@H](O)[C@H](C)O2)Oc2ccc(cc2Cl)[C@H]1O)N(C)C(=O)OCc1ccc([N+](=O)[O-])cc1. The Balaban J connectivity index is 1.02. The summed E-state index contributed by atoms with van der Waals surface area (Å²) in [5.41, 5.74) is 1.16. The van der Waals surface area contributed by atoms with Crippen molar-refractivity contribution in [2.45, 2.75) is 176 Å². The third kappa shape index (κ3) is 20.9.